The highest BCUT2D eigenvalue weighted by molar-refractivity contribution is 7.18. The lowest BCUT2D eigenvalue weighted by Crippen LogP contribution is -2.26. The first-order chi connectivity index (χ1) is 16.0. The van der Waals surface area contributed by atoms with Gasteiger partial charge < -0.3 is 0 Å². The second-order valence-electron chi connectivity index (χ2n) is 14.0. The first-order valence-electron chi connectivity index (χ1n) is 12.9. The van der Waals surface area contributed by atoms with Crippen molar-refractivity contribution in [3.05, 3.63) is 75.8 Å². The number of rotatable bonds is 3. The topological polar surface area (TPSA) is 12.9 Å². The van der Waals surface area contributed by atoms with Gasteiger partial charge in [0.05, 0.1) is 15.2 Å². The van der Waals surface area contributed by atoms with Gasteiger partial charge in [0.2, 0.25) is 0 Å². The first kappa shape index (κ1) is 25.9. The molecule has 0 aliphatic heterocycles. The van der Waals surface area contributed by atoms with E-state index in [2.05, 4.69) is 125 Å². The van der Waals surface area contributed by atoms with Crippen LogP contribution in [0.2, 0.25) is 0 Å². The van der Waals surface area contributed by atoms with Gasteiger partial charge in [0, 0.05) is 6.42 Å². The molecule has 0 fully saturated rings. The van der Waals surface area contributed by atoms with Gasteiger partial charge in [-0.3, -0.25) is 0 Å². The zero-order chi connectivity index (χ0) is 26.0. The second kappa shape index (κ2) is 8.44. The summed E-state index contributed by atoms with van der Waals surface area (Å²) in [6.45, 7) is 25.7. The monoisotopic (exact) mass is 485 g/mol. The van der Waals surface area contributed by atoms with E-state index in [0.717, 1.165) is 11.9 Å². The minimum atomic E-state index is -0.0275. The smallest absolute Gasteiger partial charge is 0.0947 e. The van der Waals surface area contributed by atoms with Crippen LogP contribution in [0.15, 0.2) is 48.5 Å². The summed E-state index contributed by atoms with van der Waals surface area (Å²) in [5.41, 5.74) is 7.12. The number of hydrogen-bond acceptors (Lipinski definition) is 2. The van der Waals surface area contributed by atoms with Crippen molar-refractivity contribution >= 4 is 32.3 Å². The number of aromatic nitrogens is 1. The van der Waals surface area contributed by atoms with Crippen LogP contribution in [0.5, 0.6) is 0 Å². The van der Waals surface area contributed by atoms with Crippen molar-refractivity contribution in [3.8, 4) is 0 Å². The van der Waals surface area contributed by atoms with Crippen LogP contribution in [-0.2, 0) is 28.1 Å². The molecule has 1 heterocycles. The van der Waals surface area contributed by atoms with E-state index in [1.165, 1.54) is 42.7 Å². The molecule has 2 heteroatoms. The average molecular weight is 486 g/mol. The van der Waals surface area contributed by atoms with Crippen molar-refractivity contribution in [1.29, 1.82) is 0 Å². The van der Waals surface area contributed by atoms with Gasteiger partial charge in [0.25, 0.3) is 0 Å². The summed E-state index contributed by atoms with van der Waals surface area (Å²) < 4.78 is 1.31. The Kier molecular flexibility index (Phi) is 6.24. The van der Waals surface area contributed by atoms with Crippen LogP contribution >= 0.6 is 11.3 Å². The Morgan fingerprint density at radius 2 is 1.06 bits per heavy atom. The molecule has 0 amide bonds. The maximum atomic E-state index is 5.19. The van der Waals surface area contributed by atoms with Gasteiger partial charge >= 0.3 is 0 Å². The molecular formula is C33H43NS. The highest BCUT2D eigenvalue weighted by atomic mass is 32.1. The number of nitrogens with zero attached hydrogens (tertiary/aromatic N) is 1. The molecule has 0 radical (unpaired) electrons. The minimum absolute atomic E-state index is 0.0275. The molecule has 0 saturated heterocycles. The molecule has 0 atom stereocenters. The molecule has 35 heavy (non-hydrogen) atoms. The minimum Gasteiger partial charge on any atom is -0.241 e. The Hall–Kier alpha value is -2.19. The van der Waals surface area contributed by atoms with Crippen molar-refractivity contribution in [2.24, 2.45) is 0 Å². The van der Waals surface area contributed by atoms with Crippen molar-refractivity contribution in [1.82, 2.24) is 4.98 Å². The number of benzene rings is 3. The third-order valence-electron chi connectivity index (χ3n) is 7.20. The molecule has 1 nitrogen and oxygen atoms in total. The van der Waals surface area contributed by atoms with Gasteiger partial charge in [0.15, 0.2) is 0 Å². The second-order valence-corrected chi connectivity index (χ2v) is 15.1. The Morgan fingerprint density at radius 3 is 1.57 bits per heavy atom. The third-order valence-corrected chi connectivity index (χ3v) is 8.22. The number of hydrogen-bond donors (Lipinski definition) is 0. The SMILES string of the molecule is CC(C)(C)c1cc2nc(CC(C)(C)c3cc4ccccc4cc3C(C)(C)C)sc2cc1C(C)(C)C. The summed E-state index contributed by atoms with van der Waals surface area (Å²) in [5, 5.41) is 3.86. The van der Waals surface area contributed by atoms with Crippen LogP contribution in [-0.4, -0.2) is 4.98 Å². The van der Waals surface area contributed by atoms with Gasteiger partial charge in [0.1, 0.15) is 0 Å². The summed E-state index contributed by atoms with van der Waals surface area (Å²) in [6, 6.07) is 18.4. The molecule has 0 aliphatic rings. The van der Waals surface area contributed by atoms with E-state index in [1.54, 1.807) is 0 Å². The lowest BCUT2D eigenvalue weighted by molar-refractivity contribution is 0.491. The summed E-state index contributed by atoms with van der Waals surface area (Å²) in [6.07, 6.45) is 0.934. The zero-order valence-electron chi connectivity index (χ0n) is 23.7. The van der Waals surface area contributed by atoms with Crippen LogP contribution in [0.1, 0.15) is 103 Å². The lowest BCUT2D eigenvalue weighted by atomic mass is 9.72. The molecule has 0 aliphatic carbocycles. The molecule has 0 unspecified atom stereocenters. The molecule has 186 valence electrons. The Bertz CT molecular complexity index is 1330. The van der Waals surface area contributed by atoms with Crippen molar-refractivity contribution in [2.45, 2.75) is 104 Å². The summed E-state index contributed by atoms with van der Waals surface area (Å²) >= 11 is 1.87. The normalized spacial score (nSPS) is 13.7. The van der Waals surface area contributed by atoms with Crippen molar-refractivity contribution < 1.29 is 0 Å². The van der Waals surface area contributed by atoms with Gasteiger partial charge in [-0.1, -0.05) is 113 Å². The van der Waals surface area contributed by atoms with Gasteiger partial charge in [-0.25, -0.2) is 4.98 Å². The highest BCUT2D eigenvalue weighted by Crippen LogP contribution is 2.41. The maximum absolute atomic E-state index is 5.19. The van der Waals surface area contributed by atoms with Gasteiger partial charge in [-0.15, -0.1) is 11.3 Å². The van der Waals surface area contributed by atoms with Crippen LogP contribution < -0.4 is 0 Å². The quantitative estimate of drug-likeness (QED) is 0.281. The van der Waals surface area contributed by atoms with E-state index in [1.807, 2.05) is 11.3 Å². The van der Waals surface area contributed by atoms with Gasteiger partial charge in [-0.05, 0) is 66.8 Å². The molecule has 1 aromatic heterocycles. The standard InChI is InChI=1S/C33H43NS/c1-30(2,3)23-16-21-14-12-13-15-22(21)17-26(23)33(10,11)20-29-34-27-18-24(31(4,5)6)25(32(7,8)9)19-28(27)35-29/h12-19H,20H2,1-11H3. The van der Waals surface area contributed by atoms with Crippen molar-refractivity contribution in [3.63, 3.8) is 0 Å². The fraction of sp³-hybridized carbons (Fsp3) is 0.485. The van der Waals surface area contributed by atoms with Crippen LogP contribution in [0.3, 0.4) is 0 Å². The Balaban J connectivity index is 1.82. The van der Waals surface area contributed by atoms with E-state index >= 15 is 0 Å². The van der Waals surface area contributed by atoms with Crippen LogP contribution in [0.4, 0.5) is 0 Å². The predicted molar refractivity (Wildman–Crippen MR) is 156 cm³/mol. The molecule has 0 N–H and O–H groups in total. The Morgan fingerprint density at radius 1 is 0.600 bits per heavy atom. The molecule has 3 aromatic carbocycles. The van der Waals surface area contributed by atoms with E-state index < -0.39 is 0 Å². The van der Waals surface area contributed by atoms with Crippen LogP contribution in [0, 0.1) is 0 Å². The van der Waals surface area contributed by atoms with E-state index in [0.29, 0.717) is 0 Å². The molecule has 0 bridgehead atoms. The molecule has 0 saturated carbocycles. The predicted octanol–water partition coefficient (Wildman–Crippen LogP) is 9.86. The van der Waals surface area contributed by atoms with E-state index in [4.69, 9.17) is 4.98 Å². The summed E-state index contributed by atoms with van der Waals surface area (Å²) in [4.78, 5) is 5.19. The van der Waals surface area contributed by atoms with Gasteiger partial charge in [-0.2, -0.15) is 0 Å². The average Bonchev–Trinajstić information content (AvgIpc) is 3.10. The Labute approximate surface area is 217 Å². The molecule has 4 aromatic rings. The molecule has 4 rings (SSSR count). The first-order valence-corrected chi connectivity index (χ1v) is 13.8. The fourth-order valence-electron chi connectivity index (χ4n) is 5.23. The zero-order valence-corrected chi connectivity index (χ0v) is 24.5. The van der Waals surface area contributed by atoms with E-state index in [-0.39, 0.29) is 21.7 Å². The van der Waals surface area contributed by atoms with Crippen LogP contribution in [0.25, 0.3) is 21.0 Å². The largest absolute Gasteiger partial charge is 0.241 e. The molecule has 0 spiro atoms. The summed E-state index contributed by atoms with van der Waals surface area (Å²) in [5.74, 6) is 0. The summed E-state index contributed by atoms with van der Waals surface area (Å²) in [7, 11) is 0. The third kappa shape index (κ3) is 5.19. The van der Waals surface area contributed by atoms with Crippen molar-refractivity contribution in [2.75, 3.05) is 0 Å². The highest BCUT2D eigenvalue weighted by Gasteiger charge is 2.31. The lowest BCUT2D eigenvalue weighted by Gasteiger charge is -2.33. The fourth-order valence-corrected chi connectivity index (χ4v) is 6.45. The van der Waals surface area contributed by atoms with E-state index in [9.17, 15) is 0 Å². The number of thiazole rings is 1. The maximum Gasteiger partial charge on any atom is 0.0947 e. The molecular weight excluding hydrogens is 442 g/mol. The number of fused-ring (bicyclic) bond motifs is 2.